The van der Waals surface area contributed by atoms with Crippen molar-refractivity contribution in [2.24, 2.45) is 12.8 Å². The van der Waals surface area contributed by atoms with Crippen molar-refractivity contribution in [2.75, 3.05) is 11.9 Å². The fourth-order valence-corrected chi connectivity index (χ4v) is 2.30. The minimum atomic E-state index is 0.309. The zero-order valence-electron chi connectivity index (χ0n) is 10.8. The van der Waals surface area contributed by atoms with E-state index in [1.807, 2.05) is 43.1 Å². The third kappa shape index (κ3) is 3.05. The molecule has 0 amide bonds. The van der Waals surface area contributed by atoms with E-state index in [-0.39, 0.29) is 0 Å². The number of nitrogens with zero attached hydrogens (tertiary/aromatic N) is 3. The molecule has 0 aliphatic rings. The molecule has 19 heavy (non-hydrogen) atoms. The van der Waals surface area contributed by atoms with E-state index in [0.29, 0.717) is 22.1 Å². The molecule has 0 fully saturated rings. The molecule has 2 aromatic rings. The topological polar surface area (TPSA) is 47.1 Å². The van der Waals surface area contributed by atoms with E-state index in [1.54, 1.807) is 6.20 Å². The van der Waals surface area contributed by atoms with Crippen LogP contribution in [0, 0.1) is 0 Å². The summed E-state index contributed by atoms with van der Waals surface area (Å²) in [4.78, 5) is 6.67. The molecule has 2 N–H and O–H groups in total. The molecule has 1 heterocycles. The lowest BCUT2D eigenvalue weighted by Gasteiger charge is -2.19. The monoisotopic (exact) mass is 294 g/mol. The SMILES string of the molecule is CN(Cc1nccn1C)c1ccc(C(N)=S)c(Cl)c1. The molecule has 0 saturated heterocycles. The lowest BCUT2D eigenvalue weighted by atomic mass is 10.2. The van der Waals surface area contributed by atoms with E-state index in [1.165, 1.54) is 0 Å². The molecule has 0 saturated carbocycles. The zero-order valence-corrected chi connectivity index (χ0v) is 12.4. The first kappa shape index (κ1) is 13.8. The number of rotatable bonds is 4. The van der Waals surface area contributed by atoms with Crippen LogP contribution in [0.5, 0.6) is 0 Å². The minimum absolute atomic E-state index is 0.309. The molecule has 0 unspecified atom stereocenters. The molecule has 4 nitrogen and oxygen atoms in total. The fourth-order valence-electron chi connectivity index (χ4n) is 1.79. The second-order valence-corrected chi connectivity index (χ2v) is 5.19. The van der Waals surface area contributed by atoms with Gasteiger partial charge in [0.1, 0.15) is 10.8 Å². The number of hydrogen-bond acceptors (Lipinski definition) is 3. The molecule has 6 heteroatoms. The molecule has 0 bridgehead atoms. The molecule has 0 atom stereocenters. The van der Waals surface area contributed by atoms with Crippen LogP contribution in [-0.2, 0) is 13.6 Å². The Morgan fingerprint density at radius 1 is 1.53 bits per heavy atom. The molecule has 2 rings (SSSR count). The van der Waals surface area contributed by atoms with E-state index in [4.69, 9.17) is 29.6 Å². The molecule has 0 radical (unpaired) electrons. The molecular formula is C13H15ClN4S. The van der Waals surface area contributed by atoms with Crippen molar-refractivity contribution >= 4 is 34.5 Å². The summed E-state index contributed by atoms with van der Waals surface area (Å²) < 4.78 is 1.99. The largest absolute Gasteiger partial charge is 0.389 e. The van der Waals surface area contributed by atoms with E-state index in [9.17, 15) is 0 Å². The summed E-state index contributed by atoms with van der Waals surface area (Å²) in [6.45, 7) is 0.701. The van der Waals surface area contributed by atoms with Gasteiger partial charge < -0.3 is 15.2 Å². The quantitative estimate of drug-likeness (QED) is 0.879. The van der Waals surface area contributed by atoms with Crippen LogP contribution < -0.4 is 10.6 Å². The molecule has 100 valence electrons. The average molecular weight is 295 g/mol. The third-order valence-corrected chi connectivity index (χ3v) is 3.49. The number of imidazole rings is 1. The highest BCUT2D eigenvalue weighted by molar-refractivity contribution is 7.80. The van der Waals surface area contributed by atoms with Crippen LogP contribution in [0.4, 0.5) is 5.69 Å². The highest BCUT2D eigenvalue weighted by atomic mass is 35.5. The van der Waals surface area contributed by atoms with E-state index in [2.05, 4.69) is 9.88 Å². The normalized spacial score (nSPS) is 10.5. The number of thiocarbonyl (C=S) groups is 1. The highest BCUT2D eigenvalue weighted by Gasteiger charge is 2.09. The lowest BCUT2D eigenvalue weighted by molar-refractivity contribution is 0.762. The van der Waals surface area contributed by atoms with Crippen molar-refractivity contribution < 1.29 is 0 Å². The number of aryl methyl sites for hydroxylation is 1. The van der Waals surface area contributed by atoms with E-state index >= 15 is 0 Å². The van der Waals surface area contributed by atoms with Gasteiger partial charge in [0.2, 0.25) is 0 Å². The molecule has 1 aromatic carbocycles. The van der Waals surface area contributed by atoms with E-state index < -0.39 is 0 Å². The first-order valence-electron chi connectivity index (χ1n) is 5.75. The Morgan fingerprint density at radius 3 is 2.79 bits per heavy atom. The maximum Gasteiger partial charge on any atom is 0.127 e. The second kappa shape index (κ2) is 5.59. The smallest absolute Gasteiger partial charge is 0.127 e. The van der Waals surface area contributed by atoms with Gasteiger partial charge in [0.25, 0.3) is 0 Å². The Balaban J connectivity index is 2.20. The zero-order chi connectivity index (χ0) is 14.0. The highest BCUT2D eigenvalue weighted by Crippen LogP contribution is 2.23. The summed E-state index contributed by atoms with van der Waals surface area (Å²) in [5.74, 6) is 0.983. The van der Waals surface area contributed by atoms with Crippen molar-refractivity contribution in [3.8, 4) is 0 Å². The number of anilines is 1. The van der Waals surface area contributed by atoms with Crippen molar-refractivity contribution in [1.29, 1.82) is 0 Å². The van der Waals surface area contributed by atoms with E-state index in [0.717, 1.165) is 11.5 Å². The van der Waals surface area contributed by atoms with Gasteiger partial charge in [-0.3, -0.25) is 0 Å². The minimum Gasteiger partial charge on any atom is -0.389 e. The summed E-state index contributed by atoms with van der Waals surface area (Å²) in [6.07, 6.45) is 3.71. The van der Waals surface area contributed by atoms with Crippen molar-refractivity contribution in [1.82, 2.24) is 9.55 Å². The third-order valence-electron chi connectivity index (χ3n) is 2.96. The number of nitrogens with two attached hydrogens (primary N) is 1. The lowest BCUT2D eigenvalue weighted by Crippen LogP contribution is -2.19. The summed E-state index contributed by atoms with van der Waals surface area (Å²) in [7, 11) is 3.96. The van der Waals surface area contributed by atoms with Gasteiger partial charge in [0.05, 0.1) is 11.6 Å². The summed E-state index contributed by atoms with van der Waals surface area (Å²) in [6, 6.07) is 5.65. The molecular weight excluding hydrogens is 280 g/mol. The van der Waals surface area contributed by atoms with Gasteiger partial charge in [-0.1, -0.05) is 23.8 Å². The van der Waals surface area contributed by atoms with Crippen LogP contribution in [0.15, 0.2) is 30.6 Å². The second-order valence-electron chi connectivity index (χ2n) is 4.34. The van der Waals surface area contributed by atoms with Crippen molar-refractivity contribution in [3.63, 3.8) is 0 Å². The van der Waals surface area contributed by atoms with Crippen LogP contribution in [0.1, 0.15) is 11.4 Å². The van der Waals surface area contributed by atoms with Gasteiger partial charge in [-0.05, 0) is 18.2 Å². The number of hydrogen-bond donors (Lipinski definition) is 1. The molecule has 0 spiro atoms. The van der Waals surface area contributed by atoms with Gasteiger partial charge in [0, 0.05) is 37.7 Å². The Kier molecular flexibility index (Phi) is 4.07. The Labute approximate surface area is 122 Å². The number of benzene rings is 1. The van der Waals surface area contributed by atoms with Crippen LogP contribution >= 0.6 is 23.8 Å². The Hall–Kier alpha value is -1.59. The first-order valence-corrected chi connectivity index (χ1v) is 6.54. The summed E-state index contributed by atoms with van der Waals surface area (Å²) in [5.41, 5.74) is 7.28. The van der Waals surface area contributed by atoms with Crippen LogP contribution in [0.3, 0.4) is 0 Å². The van der Waals surface area contributed by atoms with Crippen LogP contribution in [0.2, 0.25) is 5.02 Å². The molecule has 0 aliphatic carbocycles. The average Bonchev–Trinajstić information content (AvgIpc) is 2.74. The van der Waals surface area contributed by atoms with Crippen molar-refractivity contribution in [2.45, 2.75) is 6.54 Å². The standard InChI is InChI=1S/C13H15ClN4S/c1-17-6-5-16-12(17)8-18(2)9-3-4-10(13(15)19)11(14)7-9/h3-7H,8H2,1-2H3,(H2,15,19). The van der Waals surface area contributed by atoms with Crippen molar-refractivity contribution in [3.05, 3.63) is 47.0 Å². The first-order chi connectivity index (χ1) is 8.99. The fraction of sp³-hybridized carbons (Fsp3) is 0.231. The predicted octanol–water partition coefficient (Wildman–Crippen LogP) is 2.34. The van der Waals surface area contributed by atoms with Gasteiger partial charge in [-0.15, -0.1) is 0 Å². The Bertz CT molecular complexity index is 608. The van der Waals surface area contributed by atoms with Gasteiger partial charge in [-0.2, -0.15) is 0 Å². The summed E-state index contributed by atoms with van der Waals surface area (Å²) >= 11 is 11.1. The number of aromatic nitrogens is 2. The number of halogens is 1. The van der Waals surface area contributed by atoms with Gasteiger partial charge in [0.15, 0.2) is 0 Å². The summed E-state index contributed by atoms with van der Waals surface area (Å²) in [5, 5.41) is 0.566. The Morgan fingerprint density at radius 2 is 2.26 bits per heavy atom. The molecule has 0 aliphatic heterocycles. The maximum absolute atomic E-state index is 6.17. The molecule has 1 aromatic heterocycles. The van der Waals surface area contributed by atoms with Gasteiger partial charge >= 0.3 is 0 Å². The maximum atomic E-state index is 6.17. The van der Waals surface area contributed by atoms with Crippen LogP contribution in [0.25, 0.3) is 0 Å². The predicted molar refractivity (Wildman–Crippen MR) is 82.7 cm³/mol. The van der Waals surface area contributed by atoms with Crippen LogP contribution in [-0.4, -0.2) is 21.6 Å². The van der Waals surface area contributed by atoms with Gasteiger partial charge in [-0.25, -0.2) is 4.98 Å².